The molecule has 5 atom stereocenters. The molecule has 2 rings (SSSR count). The molecule has 0 spiro atoms. The van der Waals surface area contributed by atoms with Gasteiger partial charge in [-0.1, -0.05) is 0 Å². The zero-order chi connectivity index (χ0) is 43.1. The molecule has 1 saturated heterocycles. The Balaban J connectivity index is 1.23. The Hall–Kier alpha value is -1.84. The van der Waals surface area contributed by atoms with E-state index in [9.17, 15) is 25.2 Å². The molecule has 2 unspecified atom stereocenters. The van der Waals surface area contributed by atoms with Crippen LogP contribution in [0.15, 0.2) is 24.3 Å². The highest BCUT2D eigenvalue weighted by Crippen LogP contribution is 2.25. The maximum atomic E-state index is 12.2. The highest BCUT2D eigenvalue weighted by Gasteiger charge is 2.44. The number of aliphatic hydroxyl groups excluding tert-OH is 4. The molecular weight excluding hydrogens is 818 g/mol. The Morgan fingerprint density at radius 2 is 0.833 bits per heavy atom. The topological polar surface area (TPSA) is 239 Å². The molecule has 1 aliphatic rings. The number of carbonyl (C=O) groups excluding carboxylic acids is 1. The van der Waals surface area contributed by atoms with Crippen LogP contribution >= 0.6 is 12.6 Å². The SMILES string of the molecule is O=C(CCOCCOCCOCCOCCOCCOCCOCCOCCOCCOCCOCCOCCS)Nc1ccc(O[C@H]2OC(CO)[C@@H](O)[C@H](O)C2O)cc1. The Labute approximate surface area is 358 Å². The summed E-state index contributed by atoms with van der Waals surface area (Å²) in [5.41, 5.74) is 0.514. The van der Waals surface area contributed by atoms with Crippen LogP contribution in [0.3, 0.4) is 0 Å². The molecule has 350 valence electrons. The van der Waals surface area contributed by atoms with Crippen molar-refractivity contribution in [2.45, 2.75) is 37.1 Å². The summed E-state index contributed by atoms with van der Waals surface area (Å²) in [6.45, 7) is 10.6. The maximum Gasteiger partial charge on any atom is 0.229 e. The number of hydrogen-bond donors (Lipinski definition) is 6. The second-order valence-electron chi connectivity index (χ2n) is 12.7. The predicted octanol–water partition coefficient (Wildman–Crippen LogP) is -0.677. The molecule has 20 nitrogen and oxygen atoms in total. The molecule has 5 N–H and O–H groups in total. The number of amides is 1. The number of rotatable bonds is 42. The molecule has 0 radical (unpaired) electrons. The molecule has 1 fully saturated rings. The van der Waals surface area contributed by atoms with Crippen LogP contribution in [0.25, 0.3) is 0 Å². The molecule has 21 heteroatoms. The van der Waals surface area contributed by atoms with Gasteiger partial charge >= 0.3 is 0 Å². The zero-order valence-electron chi connectivity index (χ0n) is 34.6. The summed E-state index contributed by atoms with van der Waals surface area (Å²) in [5, 5.41) is 42.0. The summed E-state index contributed by atoms with van der Waals surface area (Å²) >= 11 is 4.07. The lowest BCUT2D eigenvalue weighted by atomic mass is 9.99. The predicted molar refractivity (Wildman–Crippen MR) is 218 cm³/mol. The summed E-state index contributed by atoms with van der Waals surface area (Å²) in [5.74, 6) is 0.748. The fraction of sp³-hybridized carbons (Fsp3) is 0.821. The van der Waals surface area contributed by atoms with E-state index in [1.165, 1.54) is 0 Å². The van der Waals surface area contributed by atoms with Gasteiger partial charge in [0.1, 0.15) is 30.2 Å². The molecular formula is C39H69NO19S. The van der Waals surface area contributed by atoms with Crippen molar-refractivity contribution in [3.8, 4) is 5.75 Å². The molecule has 1 aliphatic heterocycles. The largest absolute Gasteiger partial charge is 0.462 e. The fourth-order valence-electron chi connectivity index (χ4n) is 4.89. The van der Waals surface area contributed by atoms with Crippen molar-refractivity contribution in [3.63, 3.8) is 0 Å². The normalized spacial score (nSPS) is 19.2. The van der Waals surface area contributed by atoms with Crippen LogP contribution in [0.4, 0.5) is 5.69 Å². The number of aliphatic hydroxyl groups is 4. The van der Waals surface area contributed by atoms with Crippen LogP contribution in [0.1, 0.15) is 6.42 Å². The molecule has 0 aromatic heterocycles. The average Bonchev–Trinajstić information content (AvgIpc) is 3.25. The third-order valence-corrected chi connectivity index (χ3v) is 8.22. The van der Waals surface area contributed by atoms with Crippen molar-refractivity contribution in [2.75, 3.05) is 176 Å². The lowest BCUT2D eigenvalue weighted by Gasteiger charge is -2.39. The van der Waals surface area contributed by atoms with Crippen molar-refractivity contribution >= 4 is 24.2 Å². The molecule has 60 heavy (non-hydrogen) atoms. The van der Waals surface area contributed by atoms with Gasteiger partial charge in [-0.05, 0) is 24.3 Å². The van der Waals surface area contributed by atoms with Crippen molar-refractivity contribution in [1.29, 1.82) is 0 Å². The first-order chi connectivity index (χ1) is 29.5. The van der Waals surface area contributed by atoms with Gasteiger partial charge in [0.05, 0.1) is 172 Å². The first-order valence-corrected chi connectivity index (χ1v) is 21.0. The number of hydrogen-bond acceptors (Lipinski definition) is 20. The fourth-order valence-corrected chi connectivity index (χ4v) is 5.02. The van der Waals surface area contributed by atoms with Crippen molar-refractivity contribution in [2.24, 2.45) is 0 Å². The Morgan fingerprint density at radius 3 is 1.17 bits per heavy atom. The zero-order valence-corrected chi connectivity index (χ0v) is 35.5. The molecule has 0 bridgehead atoms. The number of benzene rings is 1. The minimum atomic E-state index is -1.54. The van der Waals surface area contributed by atoms with E-state index >= 15 is 0 Å². The number of ether oxygens (including phenoxy) is 14. The summed E-state index contributed by atoms with van der Waals surface area (Å²) in [4.78, 5) is 12.2. The molecule has 1 aromatic carbocycles. The summed E-state index contributed by atoms with van der Waals surface area (Å²) in [7, 11) is 0. The quantitative estimate of drug-likeness (QED) is 0.0352. The van der Waals surface area contributed by atoms with Gasteiger partial charge in [-0.3, -0.25) is 4.79 Å². The smallest absolute Gasteiger partial charge is 0.229 e. The van der Waals surface area contributed by atoms with Crippen LogP contribution < -0.4 is 10.1 Å². The minimum absolute atomic E-state index is 0.140. The average molecular weight is 888 g/mol. The first kappa shape index (κ1) is 54.3. The third kappa shape index (κ3) is 28.7. The van der Waals surface area contributed by atoms with Gasteiger partial charge in [0.2, 0.25) is 12.2 Å². The second-order valence-corrected chi connectivity index (χ2v) is 13.2. The van der Waals surface area contributed by atoms with Crippen LogP contribution in [0.5, 0.6) is 5.75 Å². The van der Waals surface area contributed by atoms with E-state index in [1.54, 1.807) is 24.3 Å². The molecule has 0 saturated carbocycles. The van der Waals surface area contributed by atoms with E-state index in [-0.39, 0.29) is 24.7 Å². The number of nitrogens with one attached hydrogen (secondary N) is 1. The van der Waals surface area contributed by atoms with Gasteiger partial charge in [-0.25, -0.2) is 0 Å². The van der Waals surface area contributed by atoms with Gasteiger partial charge in [0.25, 0.3) is 0 Å². The standard InChI is InChI=1S/C39H69NO19S/c41-31-34-36(43)37(44)38(45)39(59-34)58-33-3-1-32(2-4-33)40-35(42)5-6-46-7-8-47-9-10-48-11-12-49-13-14-50-15-16-51-17-18-52-19-20-53-21-22-54-23-24-55-25-26-56-27-28-57-29-30-60/h1-4,34,36-39,41,43-45,60H,5-31H2,(H,40,42)/t34?,36-,37+,38?,39+/m1/s1. The molecule has 1 heterocycles. The highest BCUT2D eigenvalue weighted by molar-refractivity contribution is 7.80. The lowest BCUT2D eigenvalue weighted by Crippen LogP contribution is -2.60. The second kappa shape index (κ2) is 38.8. The van der Waals surface area contributed by atoms with Crippen LogP contribution in [0.2, 0.25) is 0 Å². The van der Waals surface area contributed by atoms with E-state index in [0.717, 1.165) is 0 Å². The Kier molecular flexibility index (Phi) is 35.1. The van der Waals surface area contributed by atoms with Crippen LogP contribution in [-0.4, -0.2) is 228 Å². The molecule has 0 aliphatic carbocycles. The van der Waals surface area contributed by atoms with Crippen molar-refractivity contribution < 1.29 is 91.5 Å². The monoisotopic (exact) mass is 887 g/mol. The van der Waals surface area contributed by atoms with E-state index in [2.05, 4.69) is 17.9 Å². The Morgan fingerprint density at radius 1 is 0.500 bits per heavy atom. The van der Waals surface area contributed by atoms with Gasteiger partial charge in [-0.15, -0.1) is 0 Å². The van der Waals surface area contributed by atoms with E-state index in [1.807, 2.05) is 0 Å². The summed E-state index contributed by atoms with van der Waals surface area (Å²) in [6, 6.07) is 6.27. The van der Waals surface area contributed by atoms with Gasteiger partial charge < -0.3 is 92.1 Å². The van der Waals surface area contributed by atoms with Gasteiger partial charge in [-0.2, -0.15) is 12.6 Å². The van der Waals surface area contributed by atoms with E-state index in [0.29, 0.717) is 163 Å². The molecule has 1 aromatic rings. The Bertz CT molecular complexity index is 1110. The van der Waals surface area contributed by atoms with Crippen molar-refractivity contribution in [3.05, 3.63) is 24.3 Å². The summed E-state index contributed by atoms with van der Waals surface area (Å²) in [6.07, 6.45) is -6.77. The van der Waals surface area contributed by atoms with Gasteiger partial charge in [0.15, 0.2) is 0 Å². The van der Waals surface area contributed by atoms with Crippen LogP contribution in [0, 0.1) is 0 Å². The number of anilines is 1. The first-order valence-electron chi connectivity index (χ1n) is 20.4. The maximum absolute atomic E-state index is 12.2. The van der Waals surface area contributed by atoms with Gasteiger partial charge in [0, 0.05) is 11.4 Å². The third-order valence-electron chi connectivity index (χ3n) is 8.04. The van der Waals surface area contributed by atoms with Crippen molar-refractivity contribution in [1.82, 2.24) is 0 Å². The highest BCUT2D eigenvalue weighted by atomic mass is 32.1. The molecule has 1 amide bonds. The minimum Gasteiger partial charge on any atom is -0.462 e. The number of thiol groups is 1. The lowest BCUT2D eigenvalue weighted by molar-refractivity contribution is -0.277. The number of carbonyl (C=O) groups is 1. The van der Waals surface area contributed by atoms with E-state index < -0.39 is 37.3 Å². The summed E-state index contributed by atoms with van der Waals surface area (Å²) < 4.78 is 76.2. The van der Waals surface area contributed by atoms with Crippen LogP contribution in [-0.2, 0) is 66.4 Å². The van der Waals surface area contributed by atoms with E-state index in [4.69, 9.17) is 66.3 Å².